The summed E-state index contributed by atoms with van der Waals surface area (Å²) in [6.07, 6.45) is -0.340. The Bertz CT molecular complexity index is 765. The van der Waals surface area contributed by atoms with Crippen LogP contribution in [-0.4, -0.2) is 27.8 Å². The van der Waals surface area contributed by atoms with Crippen LogP contribution in [0.2, 0.25) is 0 Å². The van der Waals surface area contributed by atoms with Gasteiger partial charge in [-0.05, 0) is 29.8 Å². The van der Waals surface area contributed by atoms with Crippen LogP contribution >= 0.6 is 15.9 Å². The van der Waals surface area contributed by atoms with E-state index in [2.05, 4.69) is 15.9 Å². The number of fused-ring (bicyclic) bond motifs is 1. The lowest BCUT2D eigenvalue weighted by Crippen LogP contribution is -2.35. The number of aliphatic carboxylic acids is 1. The van der Waals surface area contributed by atoms with Crippen molar-refractivity contribution in [2.45, 2.75) is 12.5 Å². The number of rotatable bonds is 4. The first kappa shape index (κ1) is 15.4. The first-order valence-electron chi connectivity index (χ1n) is 6.93. The summed E-state index contributed by atoms with van der Waals surface area (Å²) in [4.78, 5) is 37.4. The Morgan fingerprint density at radius 3 is 2.00 bits per heavy atom. The monoisotopic (exact) mass is 373 g/mol. The van der Waals surface area contributed by atoms with Gasteiger partial charge in [-0.3, -0.25) is 19.3 Å². The second-order valence-corrected chi connectivity index (χ2v) is 6.11. The molecule has 0 saturated carbocycles. The molecular weight excluding hydrogens is 362 g/mol. The lowest BCUT2D eigenvalue weighted by molar-refractivity contribution is -0.138. The van der Waals surface area contributed by atoms with E-state index in [-0.39, 0.29) is 6.42 Å². The SMILES string of the molecule is O=C(O)CC(c1ccc(Br)cc1)N1C(=O)c2ccccc2C1=O. The van der Waals surface area contributed by atoms with Crippen LogP contribution in [0.15, 0.2) is 53.0 Å². The molecule has 1 heterocycles. The van der Waals surface area contributed by atoms with Crippen molar-refractivity contribution in [3.8, 4) is 0 Å². The third-order valence-electron chi connectivity index (χ3n) is 3.76. The highest BCUT2D eigenvalue weighted by Crippen LogP contribution is 2.33. The molecule has 1 aliphatic heterocycles. The molecule has 6 heteroatoms. The van der Waals surface area contributed by atoms with Crippen molar-refractivity contribution in [1.82, 2.24) is 4.90 Å². The minimum atomic E-state index is -1.07. The molecule has 5 nitrogen and oxygen atoms in total. The zero-order valence-electron chi connectivity index (χ0n) is 11.9. The minimum Gasteiger partial charge on any atom is -0.481 e. The van der Waals surface area contributed by atoms with E-state index >= 15 is 0 Å². The van der Waals surface area contributed by atoms with E-state index in [0.29, 0.717) is 16.7 Å². The fraction of sp³-hybridized carbons (Fsp3) is 0.118. The van der Waals surface area contributed by atoms with Crippen LogP contribution in [0, 0.1) is 0 Å². The lowest BCUT2D eigenvalue weighted by atomic mass is 10.0. The van der Waals surface area contributed by atoms with Gasteiger partial charge in [-0.25, -0.2) is 0 Å². The summed E-state index contributed by atoms with van der Waals surface area (Å²) in [5, 5.41) is 9.19. The van der Waals surface area contributed by atoms with Gasteiger partial charge in [0.1, 0.15) is 0 Å². The van der Waals surface area contributed by atoms with Crippen LogP contribution < -0.4 is 0 Å². The molecule has 23 heavy (non-hydrogen) atoms. The molecule has 1 atom stereocenters. The fourth-order valence-corrected chi connectivity index (χ4v) is 2.96. The quantitative estimate of drug-likeness (QED) is 0.834. The molecule has 1 N–H and O–H groups in total. The highest BCUT2D eigenvalue weighted by molar-refractivity contribution is 9.10. The number of amides is 2. The van der Waals surface area contributed by atoms with E-state index in [4.69, 9.17) is 0 Å². The van der Waals surface area contributed by atoms with Crippen LogP contribution in [0.5, 0.6) is 0 Å². The van der Waals surface area contributed by atoms with Gasteiger partial charge in [0.05, 0.1) is 23.6 Å². The maximum absolute atomic E-state index is 12.6. The Kier molecular flexibility index (Phi) is 4.00. The van der Waals surface area contributed by atoms with Gasteiger partial charge in [0.25, 0.3) is 11.8 Å². The van der Waals surface area contributed by atoms with Gasteiger partial charge in [0, 0.05) is 4.47 Å². The van der Waals surface area contributed by atoms with Crippen LogP contribution in [0.3, 0.4) is 0 Å². The predicted molar refractivity (Wildman–Crippen MR) is 86.1 cm³/mol. The van der Waals surface area contributed by atoms with E-state index < -0.39 is 23.8 Å². The number of hydrogen-bond acceptors (Lipinski definition) is 3. The molecule has 0 spiro atoms. The maximum Gasteiger partial charge on any atom is 0.305 e. The Morgan fingerprint density at radius 1 is 1.00 bits per heavy atom. The van der Waals surface area contributed by atoms with E-state index in [1.165, 1.54) is 0 Å². The third-order valence-corrected chi connectivity index (χ3v) is 4.29. The summed E-state index contributed by atoms with van der Waals surface area (Å²) in [6, 6.07) is 12.6. The summed E-state index contributed by atoms with van der Waals surface area (Å²) < 4.78 is 0.831. The minimum absolute atomic E-state index is 0.310. The number of imide groups is 1. The molecule has 0 saturated heterocycles. The van der Waals surface area contributed by atoms with Crippen molar-refractivity contribution in [3.63, 3.8) is 0 Å². The van der Waals surface area contributed by atoms with Crippen molar-refractivity contribution in [3.05, 3.63) is 69.7 Å². The summed E-state index contributed by atoms with van der Waals surface area (Å²) in [5.74, 6) is -1.99. The Hall–Kier alpha value is -2.47. The largest absolute Gasteiger partial charge is 0.481 e. The molecular formula is C17H12BrNO4. The van der Waals surface area contributed by atoms with Crippen molar-refractivity contribution in [2.75, 3.05) is 0 Å². The number of nitrogens with zero attached hydrogens (tertiary/aromatic N) is 1. The molecule has 116 valence electrons. The van der Waals surface area contributed by atoms with Gasteiger partial charge in [-0.1, -0.05) is 40.2 Å². The van der Waals surface area contributed by atoms with Gasteiger partial charge in [0.15, 0.2) is 0 Å². The van der Waals surface area contributed by atoms with Crippen LogP contribution in [-0.2, 0) is 4.79 Å². The number of hydrogen-bond donors (Lipinski definition) is 1. The molecule has 3 rings (SSSR count). The number of carboxylic acids is 1. The van der Waals surface area contributed by atoms with E-state index in [1.807, 2.05) is 0 Å². The van der Waals surface area contributed by atoms with Gasteiger partial charge >= 0.3 is 5.97 Å². The summed E-state index contributed by atoms with van der Waals surface area (Å²) in [6.45, 7) is 0. The normalized spacial score (nSPS) is 14.7. The standard InChI is InChI=1S/C17H12BrNO4/c18-11-7-5-10(6-8-11)14(9-15(20)21)19-16(22)12-3-1-2-4-13(12)17(19)23/h1-8,14H,9H2,(H,20,21). The second-order valence-electron chi connectivity index (χ2n) is 5.19. The Labute approximate surface area is 140 Å². The fourth-order valence-electron chi connectivity index (χ4n) is 2.70. The number of halogens is 1. The van der Waals surface area contributed by atoms with E-state index in [0.717, 1.165) is 9.37 Å². The molecule has 1 unspecified atom stereocenters. The molecule has 0 aliphatic carbocycles. The third kappa shape index (κ3) is 2.77. The number of carbonyl (C=O) groups excluding carboxylic acids is 2. The smallest absolute Gasteiger partial charge is 0.305 e. The average molecular weight is 374 g/mol. The molecule has 2 aromatic rings. The molecule has 0 aromatic heterocycles. The first-order chi connectivity index (χ1) is 11.0. The van der Waals surface area contributed by atoms with Crippen LogP contribution in [0.1, 0.15) is 38.7 Å². The molecule has 0 bridgehead atoms. The second kappa shape index (κ2) is 5.96. The summed E-state index contributed by atoms with van der Waals surface area (Å²) in [5.41, 5.74) is 1.22. The van der Waals surface area contributed by atoms with Crippen LogP contribution in [0.4, 0.5) is 0 Å². The van der Waals surface area contributed by atoms with Crippen molar-refractivity contribution < 1.29 is 19.5 Å². The van der Waals surface area contributed by atoms with Gasteiger partial charge in [0.2, 0.25) is 0 Å². The highest BCUT2D eigenvalue weighted by atomic mass is 79.9. The van der Waals surface area contributed by atoms with Crippen molar-refractivity contribution in [1.29, 1.82) is 0 Å². The zero-order chi connectivity index (χ0) is 16.6. The van der Waals surface area contributed by atoms with E-state index in [9.17, 15) is 19.5 Å². The van der Waals surface area contributed by atoms with Gasteiger partial charge in [-0.15, -0.1) is 0 Å². The van der Waals surface area contributed by atoms with Crippen LogP contribution in [0.25, 0.3) is 0 Å². The lowest BCUT2D eigenvalue weighted by Gasteiger charge is -2.25. The van der Waals surface area contributed by atoms with Crippen molar-refractivity contribution >= 4 is 33.7 Å². The molecule has 2 amide bonds. The topological polar surface area (TPSA) is 74.7 Å². The summed E-state index contributed by atoms with van der Waals surface area (Å²) >= 11 is 3.31. The first-order valence-corrected chi connectivity index (χ1v) is 7.72. The average Bonchev–Trinajstić information content (AvgIpc) is 2.78. The number of carboxylic acid groups (broad SMARTS) is 1. The molecule has 1 aliphatic rings. The Morgan fingerprint density at radius 2 is 1.52 bits per heavy atom. The highest BCUT2D eigenvalue weighted by Gasteiger charge is 2.41. The van der Waals surface area contributed by atoms with E-state index in [1.54, 1.807) is 48.5 Å². The Balaban J connectivity index is 2.04. The predicted octanol–water partition coefficient (Wildman–Crippen LogP) is 3.26. The zero-order valence-corrected chi connectivity index (χ0v) is 13.5. The summed E-state index contributed by atoms with van der Waals surface area (Å²) in [7, 11) is 0. The molecule has 2 aromatic carbocycles. The van der Waals surface area contributed by atoms with Crippen molar-refractivity contribution in [2.24, 2.45) is 0 Å². The maximum atomic E-state index is 12.6. The van der Waals surface area contributed by atoms with Gasteiger partial charge < -0.3 is 5.11 Å². The molecule has 0 radical (unpaired) electrons. The number of benzene rings is 2. The number of carbonyl (C=O) groups is 3. The molecule has 0 fully saturated rings. The van der Waals surface area contributed by atoms with Gasteiger partial charge in [-0.2, -0.15) is 0 Å².